The highest BCUT2D eigenvalue weighted by molar-refractivity contribution is 5.83. The van der Waals surface area contributed by atoms with Gasteiger partial charge in [0.05, 0.1) is 5.54 Å². The van der Waals surface area contributed by atoms with Gasteiger partial charge < -0.3 is 4.42 Å². The average molecular weight is 241 g/mol. The summed E-state index contributed by atoms with van der Waals surface area (Å²) in [5.74, 6) is 0.890. The van der Waals surface area contributed by atoms with E-state index in [-0.39, 0.29) is 5.54 Å². The number of isocyanates is 1. The van der Waals surface area contributed by atoms with Gasteiger partial charge in [0.25, 0.3) is 0 Å². The van der Waals surface area contributed by atoms with E-state index in [1.165, 1.54) is 0 Å². The number of aliphatic imine (C=N–C) groups is 1. The summed E-state index contributed by atoms with van der Waals surface area (Å²) in [7, 11) is 0. The van der Waals surface area contributed by atoms with Gasteiger partial charge in [0.1, 0.15) is 11.3 Å². The Bertz CT molecular complexity index is 629. The molecule has 3 nitrogen and oxygen atoms in total. The summed E-state index contributed by atoms with van der Waals surface area (Å²) >= 11 is 0. The molecule has 2 aromatic rings. The molecule has 1 fully saturated rings. The van der Waals surface area contributed by atoms with E-state index in [2.05, 4.69) is 11.1 Å². The molecular weight excluding hydrogens is 226 g/mol. The van der Waals surface area contributed by atoms with E-state index in [9.17, 15) is 4.79 Å². The highest BCUT2D eigenvalue weighted by Gasteiger charge is 2.37. The fraction of sp³-hybridized carbons (Fsp3) is 0.400. The van der Waals surface area contributed by atoms with Crippen molar-refractivity contribution in [3.8, 4) is 0 Å². The normalized spacial score (nSPS) is 17.8. The zero-order valence-electron chi connectivity index (χ0n) is 10.4. The van der Waals surface area contributed by atoms with Crippen molar-refractivity contribution in [3.63, 3.8) is 0 Å². The van der Waals surface area contributed by atoms with Crippen LogP contribution in [0.3, 0.4) is 0 Å². The standard InChI is InChI=1S/C15H15NO2/c1-11-9-12-13(5-4-6-14(12)18-11)15(16-10-17)7-2-3-8-15/h4-6,9H,2-3,7-8H2,1H3. The molecule has 1 saturated carbocycles. The number of fused-ring (bicyclic) bond motifs is 1. The smallest absolute Gasteiger partial charge is 0.235 e. The summed E-state index contributed by atoms with van der Waals surface area (Å²) in [6, 6.07) is 8.02. The third kappa shape index (κ3) is 1.59. The minimum atomic E-state index is -0.377. The fourth-order valence-electron chi connectivity index (χ4n) is 3.08. The highest BCUT2D eigenvalue weighted by atomic mass is 16.3. The average Bonchev–Trinajstić information content (AvgIpc) is 2.94. The predicted molar refractivity (Wildman–Crippen MR) is 69.2 cm³/mol. The second kappa shape index (κ2) is 4.11. The molecule has 1 aromatic carbocycles. The van der Waals surface area contributed by atoms with Crippen molar-refractivity contribution in [2.24, 2.45) is 4.99 Å². The van der Waals surface area contributed by atoms with Gasteiger partial charge in [-0.2, -0.15) is 4.99 Å². The van der Waals surface area contributed by atoms with Crippen LogP contribution in [0, 0.1) is 6.92 Å². The number of nitrogens with zero attached hydrogens (tertiary/aromatic N) is 1. The van der Waals surface area contributed by atoms with E-state index in [0.29, 0.717) is 0 Å². The third-order valence-electron chi connectivity index (χ3n) is 3.88. The number of furan rings is 1. The van der Waals surface area contributed by atoms with Crippen molar-refractivity contribution in [1.82, 2.24) is 0 Å². The van der Waals surface area contributed by atoms with E-state index < -0.39 is 0 Å². The van der Waals surface area contributed by atoms with Crippen LogP contribution in [0.4, 0.5) is 0 Å². The minimum absolute atomic E-state index is 0.377. The van der Waals surface area contributed by atoms with Crippen molar-refractivity contribution < 1.29 is 9.21 Å². The zero-order chi connectivity index (χ0) is 12.6. The quantitative estimate of drug-likeness (QED) is 0.592. The second-order valence-corrected chi connectivity index (χ2v) is 5.02. The molecule has 0 N–H and O–H groups in total. The number of benzene rings is 1. The fourth-order valence-corrected chi connectivity index (χ4v) is 3.08. The lowest BCUT2D eigenvalue weighted by molar-refractivity contribution is 0.459. The zero-order valence-corrected chi connectivity index (χ0v) is 10.4. The Labute approximate surface area is 106 Å². The molecule has 0 atom stereocenters. The van der Waals surface area contributed by atoms with E-state index in [1.54, 1.807) is 6.08 Å². The predicted octanol–water partition coefficient (Wildman–Crippen LogP) is 3.85. The van der Waals surface area contributed by atoms with Crippen LogP contribution in [0.2, 0.25) is 0 Å². The van der Waals surface area contributed by atoms with E-state index in [1.807, 2.05) is 25.1 Å². The lowest BCUT2D eigenvalue weighted by Gasteiger charge is -2.23. The Hall–Kier alpha value is -1.86. The Morgan fingerprint density at radius 1 is 1.33 bits per heavy atom. The molecule has 0 spiro atoms. The van der Waals surface area contributed by atoms with Gasteiger partial charge in [-0.25, -0.2) is 4.79 Å². The van der Waals surface area contributed by atoms with Gasteiger partial charge in [-0.1, -0.05) is 25.0 Å². The Morgan fingerprint density at radius 3 is 2.83 bits per heavy atom. The van der Waals surface area contributed by atoms with E-state index in [4.69, 9.17) is 4.42 Å². The molecule has 1 aromatic heterocycles. The molecule has 0 aliphatic heterocycles. The molecule has 0 radical (unpaired) electrons. The number of hydrogen-bond acceptors (Lipinski definition) is 3. The molecule has 0 amide bonds. The Kier molecular flexibility index (Phi) is 2.57. The van der Waals surface area contributed by atoms with Gasteiger partial charge in [-0.15, -0.1) is 0 Å². The molecule has 3 rings (SSSR count). The van der Waals surface area contributed by atoms with Crippen LogP contribution in [0.1, 0.15) is 37.0 Å². The first kappa shape index (κ1) is 11.2. The van der Waals surface area contributed by atoms with Crippen LogP contribution in [0.25, 0.3) is 11.0 Å². The molecule has 18 heavy (non-hydrogen) atoms. The number of hydrogen-bond donors (Lipinski definition) is 0. The molecule has 0 bridgehead atoms. The van der Waals surface area contributed by atoms with Crippen LogP contribution < -0.4 is 0 Å². The molecule has 1 aliphatic rings. The maximum Gasteiger partial charge on any atom is 0.235 e. The van der Waals surface area contributed by atoms with Gasteiger partial charge in [-0.3, -0.25) is 0 Å². The lowest BCUT2D eigenvalue weighted by Crippen LogP contribution is -2.19. The highest BCUT2D eigenvalue weighted by Crippen LogP contribution is 2.44. The molecule has 3 heteroatoms. The topological polar surface area (TPSA) is 42.6 Å². The number of rotatable bonds is 2. The van der Waals surface area contributed by atoms with Crippen molar-refractivity contribution in [1.29, 1.82) is 0 Å². The molecule has 0 saturated heterocycles. The van der Waals surface area contributed by atoms with Gasteiger partial charge in [-0.05, 0) is 37.5 Å². The number of carbonyl (C=O) groups excluding carboxylic acids is 1. The van der Waals surface area contributed by atoms with Crippen LogP contribution in [-0.2, 0) is 10.3 Å². The van der Waals surface area contributed by atoms with Crippen molar-refractivity contribution in [2.75, 3.05) is 0 Å². The van der Waals surface area contributed by atoms with E-state index >= 15 is 0 Å². The monoisotopic (exact) mass is 241 g/mol. The van der Waals surface area contributed by atoms with Gasteiger partial charge in [0, 0.05) is 5.39 Å². The molecule has 1 aliphatic carbocycles. The van der Waals surface area contributed by atoms with E-state index in [0.717, 1.165) is 48.0 Å². The summed E-state index contributed by atoms with van der Waals surface area (Å²) in [6.45, 7) is 1.94. The third-order valence-corrected chi connectivity index (χ3v) is 3.88. The van der Waals surface area contributed by atoms with Gasteiger partial charge in [0.15, 0.2) is 0 Å². The number of aryl methyl sites for hydroxylation is 1. The molecular formula is C15H15NO2. The first-order chi connectivity index (χ1) is 8.75. The van der Waals surface area contributed by atoms with Crippen molar-refractivity contribution >= 4 is 17.0 Å². The first-order valence-electron chi connectivity index (χ1n) is 6.34. The lowest BCUT2D eigenvalue weighted by atomic mass is 9.87. The minimum Gasteiger partial charge on any atom is -0.461 e. The van der Waals surface area contributed by atoms with Crippen molar-refractivity contribution in [3.05, 3.63) is 35.6 Å². The SMILES string of the molecule is Cc1cc2c(C3(N=C=O)CCCC3)cccc2o1. The van der Waals surface area contributed by atoms with Gasteiger partial charge in [0.2, 0.25) is 6.08 Å². The maximum atomic E-state index is 10.8. The summed E-state index contributed by atoms with van der Waals surface area (Å²) < 4.78 is 5.65. The van der Waals surface area contributed by atoms with Crippen molar-refractivity contribution in [2.45, 2.75) is 38.1 Å². The molecule has 92 valence electrons. The van der Waals surface area contributed by atoms with Crippen LogP contribution in [0.5, 0.6) is 0 Å². The van der Waals surface area contributed by atoms with Crippen LogP contribution in [-0.4, -0.2) is 6.08 Å². The Morgan fingerprint density at radius 2 is 2.11 bits per heavy atom. The maximum absolute atomic E-state index is 10.8. The molecule has 0 unspecified atom stereocenters. The second-order valence-electron chi connectivity index (χ2n) is 5.02. The largest absolute Gasteiger partial charge is 0.461 e. The molecule has 1 heterocycles. The summed E-state index contributed by atoms with van der Waals surface area (Å²) in [5, 5.41) is 1.08. The summed E-state index contributed by atoms with van der Waals surface area (Å²) in [5.41, 5.74) is 1.60. The Balaban J connectivity index is 2.26. The summed E-state index contributed by atoms with van der Waals surface area (Å²) in [4.78, 5) is 14.9. The summed E-state index contributed by atoms with van der Waals surface area (Å²) in [6.07, 6.45) is 5.83. The van der Waals surface area contributed by atoms with Gasteiger partial charge >= 0.3 is 0 Å². The van der Waals surface area contributed by atoms with Crippen LogP contribution >= 0.6 is 0 Å². The van der Waals surface area contributed by atoms with Crippen LogP contribution in [0.15, 0.2) is 33.7 Å². The first-order valence-corrected chi connectivity index (χ1v) is 6.34.